The van der Waals surface area contributed by atoms with Crippen LogP contribution in [0.2, 0.25) is 0 Å². The first kappa shape index (κ1) is 13.8. The second kappa shape index (κ2) is 6.47. The molecule has 1 N–H and O–H groups in total. The molecule has 0 aliphatic carbocycles. The van der Waals surface area contributed by atoms with Crippen LogP contribution in [0.25, 0.3) is 0 Å². The van der Waals surface area contributed by atoms with E-state index in [0.717, 1.165) is 0 Å². The van der Waals surface area contributed by atoms with Gasteiger partial charge in [-0.2, -0.15) is 0 Å². The number of ether oxygens (including phenoxy) is 3. The molecule has 0 aromatic heterocycles. The monoisotopic (exact) mass is 240 g/mol. The van der Waals surface area contributed by atoms with E-state index in [1.54, 1.807) is 33.5 Å². The molecule has 1 aromatic rings. The van der Waals surface area contributed by atoms with Crippen molar-refractivity contribution in [3.8, 4) is 11.5 Å². The maximum Gasteiger partial charge on any atom is 0.128 e. The van der Waals surface area contributed by atoms with E-state index < -0.39 is 6.10 Å². The molecule has 0 saturated heterocycles. The van der Waals surface area contributed by atoms with Crippen molar-refractivity contribution < 1.29 is 19.3 Å². The third-order valence-electron chi connectivity index (χ3n) is 2.73. The molecule has 0 bridgehead atoms. The molecule has 2 unspecified atom stereocenters. The van der Waals surface area contributed by atoms with E-state index in [1.807, 2.05) is 13.0 Å². The van der Waals surface area contributed by atoms with Gasteiger partial charge in [-0.05, 0) is 12.1 Å². The van der Waals surface area contributed by atoms with Gasteiger partial charge in [0.05, 0.1) is 32.5 Å². The Bertz CT molecular complexity index is 329. The second-order valence-electron chi connectivity index (χ2n) is 3.95. The minimum Gasteiger partial charge on any atom is -0.496 e. The summed E-state index contributed by atoms with van der Waals surface area (Å²) < 4.78 is 15.6. The first-order valence-corrected chi connectivity index (χ1v) is 5.53. The standard InChI is InChI=1S/C13H20O4/c1-9(8-15-2)13(14)12-10(16-3)6-5-7-11(12)17-4/h5-7,9,13-14H,8H2,1-4H3. The van der Waals surface area contributed by atoms with Gasteiger partial charge in [0.15, 0.2) is 0 Å². The van der Waals surface area contributed by atoms with E-state index in [9.17, 15) is 5.11 Å². The lowest BCUT2D eigenvalue weighted by atomic mass is 9.96. The van der Waals surface area contributed by atoms with Crippen molar-refractivity contribution >= 4 is 0 Å². The molecule has 0 aliphatic heterocycles. The molecule has 17 heavy (non-hydrogen) atoms. The van der Waals surface area contributed by atoms with Crippen molar-refractivity contribution in [2.24, 2.45) is 5.92 Å². The van der Waals surface area contributed by atoms with E-state index in [2.05, 4.69) is 0 Å². The van der Waals surface area contributed by atoms with Crippen LogP contribution in [-0.4, -0.2) is 33.0 Å². The molecule has 0 saturated carbocycles. The Kier molecular flexibility index (Phi) is 5.25. The van der Waals surface area contributed by atoms with Crippen LogP contribution in [0.1, 0.15) is 18.6 Å². The molecular formula is C13H20O4. The average molecular weight is 240 g/mol. The van der Waals surface area contributed by atoms with Crippen LogP contribution in [0.3, 0.4) is 0 Å². The van der Waals surface area contributed by atoms with Gasteiger partial charge in [-0.25, -0.2) is 0 Å². The van der Waals surface area contributed by atoms with Gasteiger partial charge in [-0.3, -0.25) is 0 Å². The summed E-state index contributed by atoms with van der Waals surface area (Å²) in [6.45, 7) is 2.39. The van der Waals surface area contributed by atoms with Gasteiger partial charge >= 0.3 is 0 Å². The first-order chi connectivity index (χ1) is 8.15. The third kappa shape index (κ3) is 3.11. The van der Waals surface area contributed by atoms with Crippen LogP contribution in [0.4, 0.5) is 0 Å². The van der Waals surface area contributed by atoms with Crippen molar-refractivity contribution in [3.05, 3.63) is 23.8 Å². The van der Waals surface area contributed by atoms with Crippen LogP contribution in [0.15, 0.2) is 18.2 Å². The Morgan fingerprint density at radius 2 is 1.65 bits per heavy atom. The molecule has 0 spiro atoms. The molecule has 1 aromatic carbocycles. The van der Waals surface area contributed by atoms with E-state index >= 15 is 0 Å². The minimum absolute atomic E-state index is 0.0369. The van der Waals surface area contributed by atoms with Gasteiger partial charge in [0, 0.05) is 13.0 Å². The molecule has 4 heteroatoms. The lowest BCUT2D eigenvalue weighted by Gasteiger charge is -2.22. The van der Waals surface area contributed by atoms with Gasteiger partial charge in [0.2, 0.25) is 0 Å². The van der Waals surface area contributed by atoms with Crippen molar-refractivity contribution in [1.29, 1.82) is 0 Å². The quantitative estimate of drug-likeness (QED) is 0.826. The van der Waals surface area contributed by atoms with Gasteiger partial charge in [0.25, 0.3) is 0 Å². The van der Waals surface area contributed by atoms with E-state index in [1.165, 1.54) is 0 Å². The smallest absolute Gasteiger partial charge is 0.128 e. The fourth-order valence-electron chi connectivity index (χ4n) is 1.81. The van der Waals surface area contributed by atoms with Gasteiger partial charge < -0.3 is 19.3 Å². The van der Waals surface area contributed by atoms with Crippen molar-refractivity contribution in [3.63, 3.8) is 0 Å². The zero-order valence-electron chi connectivity index (χ0n) is 10.8. The summed E-state index contributed by atoms with van der Waals surface area (Å²) in [5.41, 5.74) is 0.669. The number of hydrogen-bond acceptors (Lipinski definition) is 4. The summed E-state index contributed by atoms with van der Waals surface area (Å²) in [6, 6.07) is 5.44. The fourth-order valence-corrected chi connectivity index (χ4v) is 1.81. The molecule has 0 fully saturated rings. The maximum absolute atomic E-state index is 10.3. The highest BCUT2D eigenvalue weighted by Gasteiger charge is 2.23. The van der Waals surface area contributed by atoms with Crippen LogP contribution < -0.4 is 9.47 Å². The largest absolute Gasteiger partial charge is 0.496 e. The van der Waals surface area contributed by atoms with E-state index in [4.69, 9.17) is 14.2 Å². The predicted molar refractivity (Wildman–Crippen MR) is 65.5 cm³/mol. The van der Waals surface area contributed by atoms with Crippen LogP contribution in [0.5, 0.6) is 11.5 Å². The number of aliphatic hydroxyl groups is 1. The minimum atomic E-state index is -0.680. The Balaban J connectivity index is 3.08. The number of hydrogen-bond donors (Lipinski definition) is 1. The Morgan fingerprint density at radius 1 is 1.12 bits per heavy atom. The maximum atomic E-state index is 10.3. The number of methoxy groups -OCH3 is 3. The Labute approximate surface area is 102 Å². The average Bonchev–Trinajstić information content (AvgIpc) is 2.37. The molecular weight excluding hydrogens is 220 g/mol. The third-order valence-corrected chi connectivity index (χ3v) is 2.73. The molecule has 0 amide bonds. The van der Waals surface area contributed by atoms with Gasteiger partial charge in [0.1, 0.15) is 11.5 Å². The highest BCUT2D eigenvalue weighted by Crippen LogP contribution is 2.37. The normalized spacial score (nSPS) is 14.2. The van der Waals surface area contributed by atoms with Crippen LogP contribution in [0, 0.1) is 5.92 Å². The summed E-state index contributed by atoms with van der Waals surface area (Å²) in [6.07, 6.45) is -0.680. The molecule has 4 nitrogen and oxygen atoms in total. The zero-order valence-corrected chi connectivity index (χ0v) is 10.8. The highest BCUT2D eigenvalue weighted by molar-refractivity contribution is 5.46. The van der Waals surface area contributed by atoms with Gasteiger partial charge in [-0.15, -0.1) is 0 Å². The van der Waals surface area contributed by atoms with E-state index in [-0.39, 0.29) is 5.92 Å². The van der Waals surface area contributed by atoms with Crippen molar-refractivity contribution in [2.75, 3.05) is 27.9 Å². The molecule has 1 rings (SSSR count). The summed E-state index contributed by atoms with van der Waals surface area (Å²) in [7, 11) is 4.76. The number of aliphatic hydroxyl groups excluding tert-OH is 1. The van der Waals surface area contributed by atoms with Crippen molar-refractivity contribution in [2.45, 2.75) is 13.0 Å². The summed E-state index contributed by atoms with van der Waals surface area (Å²) in [5.74, 6) is 1.21. The fraction of sp³-hybridized carbons (Fsp3) is 0.538. The summed E-state index contributed by atoms with van der Waals surface area (Å²) >= 11 is 0. The predicted octanol–water partition coefficient (Wildman–Crippen LogP) is 2.02. The van der Waals surface area contributed by atoms with E-state index in [0.29, 0.717) is 23.7 Å². The molecule has 96 valence electrons. The molecule has 0 aliphatic rings. The topological polar surface area (TPSA) is 47.9 Å². The molecule has 0 heterocycles. The lowest BCUT2D eigenvalue weighted by molar-refractivity contribution is 0.0536. The lowest BCUT2D eigenvalue weighted by Crippen LogP contribution is -2.16. The number of rotatable bonds is 6. The zero-order chi connectivity index (χ0) is 12.8. The molecule has 0 radical (unpaired) electrons. The summed E-state index contributed by atoms with van der Waals surface area (Å²) in [5, 5.41) is 10.3. The number of benzene rings is 1. The SMILES string of the molecule is COCC(C)C(O)c1c(OC)cccc1OC. The van der Waals surface area contributed by atoms with Crippen LogP contribution >= 0.6 is 0 Å². The highest BCUT2D eigenvalue weighted by atomic mass is 16.5. The Hall–Kier alpha value is -1.26. The van der Waals surface area contributed by atoms with Crippen LogP contribution in [-0.2, 0) is 4.74 Å². The first-order valence-electron chi connectivity index (χ1n) is 5.53. The second-order valence-corrected chi connectivity index (χ2v) is 3.95. The molecule has 2 atom stereocenters. The van der Waals surface area contributed by atoms with Gasteiger partial charge in [-0.1, -0.05) is 13.0 Å². The van der Waals surface area contributed by atoms with Crippen molar-refractivity contribution in [1.82, 2.24) is 0 Å². The summed E-state index contributed by atoms with van der Waals surface area (Å²) in [4.78, 5) is 0. The Morgan fingerprint density at radius 3 is 2.06 bits per heavy atom.